The first-order chi connectivity index (χ1) is 10.9. The molecule has 1 heterocycles. The summed E-state index contributed by atoms with van der Waals surface area (Å²) in [5.74, 6) is 1.11. The van der Waals surface area contributed by atoms with Crippen LogP contribution in [0.25, 0.3) is 0 Å². The third-order valence-corrected chi connectivity index (χ3v) is 5.74. The van der Waals surface area contributed by atoms with Crippen molar-refractivity contribution in [1.82, 2.24) is 10.2 Å². The Morgan fingerprint density at radius 1 is 1.22 bits per heavy atom. The van der Waals surface area contributed by atoms with Gasteiger partial charge in [-0.05, 0) is 31.1 Å². The molecule has 1 N–H and O–H groups in total. The Hall–Kier alpha value is -0.770. The predicted molar refractivity (Wildman–Crippen MR) is 94.5 cm³/mol. The number of carbonyl (C=O) groups is 1. The summed E-state index contributed by atoms with van der Waals surface area (Å²) in [4.78, 5) is 14.7. The number of hydrogen-bond acceptors (Lipinski definition) is 2. The number of likely N-dealkylation sites (tertiary alicyclic amines) is 1. The van der Waals surface area contributed by atoms with Crippen LogP contribution in [-0.2, 0) is 4.74 Å². The molecule has 1 saturated carbocycles. The minimum Gasteiger partial charge on any atom is -0.380 e. The van der Waals surface area contributed by atoms with Gasteiger partial charge < -0.3 is 15.0 Å². The smallest absolute Gasteiger partial charge is 0.317 e. The molecule has 1 spiro atoms. The Balaban J connectivity index is 1.89. The number of nitrogens with one attached hydrogen (secondary N) is 1. The summed E-state index contributed by atoms with van der Waals surface area (Å²) in [6, 6.07) is 0.514. The molecular formula is C19H36N2O2. The molecule has 4 heteroatoms. The average molecular weight is 325 g/mol. The molecule has 0 aromatic heterocycles. The Morgan fingerprint density at radius 3 is 2.39 bits per heavy atom. The number of hydrogen-bond donors (Lipinski definition) is 1. The van der Waals surface area contributed by atoms with E-state index >= 15 is 0 Å². The maximum absolute atomic E-state index is 12.6. The standard InChI is InChI=1S/C19H36N2O2/c1-14(2)11-16(23-5)12-20-18(22)21-13-19(17(21)15(3)4)9-7-6-8-10-19/h14-17H,6-13H2,1-5H3,(H,20,22). The van der Waals surface area contributed by atoms with Crippen LogP contribution < -0.4 is 5.32 Å². The van der Waals surface area contributed by atoms with E-state index in [0.717, 1.165) is 13.0 Å². The quantitative estimate of drug-likeness (QED) is 0.801. The number of rotatable bonds is 6. The molecule has 0 bridgehead atoms. The fourth-order valence-corrected chi connectivity index (χ4v) is 4.82. The highest BCUT2D eigenvalue weighted by Gasteiger charge is 2.55. The van der Waals surface area contributed by atoms with Gasteiger partial charge in [0.1, 0.15) is 0 Å². The van der Waals surface area contributed by atoms with Crippen LogP contribution >= 0.6 is 0 Å². The maximum Gasteiger partial charge on any atom is 0.317 e. The van der Waals surface area contributed by atoms with Crippen molar-refractivity contribution in [3.8, 4) is 0 Å². The van der Waals surface area contributed by atoms with E-state index in [0.29, 0.717) is 29.8 Å². The summed E-state index contributed by atoms with van der Waals surface area (Å²) in [5, 5.41) is 3.11. The lowest BCUT2D eigenvalue weighted by Crippen LogP contribution is -2.70. The number of urea groups is 1. The molecule has 134 valence electrons. The van der Waals surface area contributed by atoms with Gasteiger partial charge in [-0.25, -0.2) is 4.79 Å². The monoisotopic (exact) mass is 324 g/mol. The zero-order chi connectivity index (χ0) is 17.0. The van der Waals surface area contributed by atoms with Gasteiger partial charge in [0.2, 0.25) is 0 Å². The lowest BCUT2D eigenvalue weighted by atomic mass is 9.60. The zero-order valence-corrected chi connectivity index (χ0v) is 15.7. The molecule has 0 radical (unpaired) electrons. The predicted octanol–water partition coefficient (Wildman–Crippen LogP) is 4.05. The van der Waals surface area contributed by atoms with Crippen LogP contribution in [0.5, 0.6) is 0 Å². The van der Waals surface area contributed by atoms with E-state index in [1.165, 1.54) is 32.1 Å². The number of amides is 2. The highest BCUT2D eigenvalue weighted by atomic mass is 16.5. The number of ether oxygens (including phenoxy) is 1. The first kappa shape index (κ1) is 18.6. The third-order valence-electron chi connectivity index (χ3n) is 5.74. The van der Waals surface area contributed by atoms with Crippen LogP contribution in [-0.4, -0.2) is 43.3 Å². The molecule has 1 aliphatic heterocycles. The zero-order valence-electron chi connectivity index (χ0n) is 15.7. The van der Waals surface area contributed by atoms with Gasteiger partial charge >= 0.3 is 6.03 Å². The molecule has 2 fully saturated rings. The fraction of sp³-hybridized carbons (Fsp3) is 0.947. The van der Waals surface area contributed by atoms with Crippen molar-refractivity contribution in [2.75, 3.05) is 20.2 Å². The summed E-state index contributed by atoms with van der Waals surface area (Å²) < 4.78 is 5.49. The molecule has 4 nitrogen and oxygen atoms in total. The Kier molecular flexibility index (Phi) is 6.35. The Bertz CT molecular complexity index is 389. The van der Waals surface area contributed by atoms with Crippen LogP contribution in [0.4, 0.5) is 4.79 Å². The molecule has 23 heavy (non-hydrogen) atoms. The van der Waals surface area contributed by atoms with Crippen molar-refractivity contribution in [2.45, 2.75) is 78.4 Å². The van der Waals surface area contributed by atoms with Gasteiger partial charge in [-0.3, -0.25) is 0 Å². The van der Waals surface area contributed by atoms with Crippen molar-refractivity contribution >= 4 is 6.03 Å². The molecule has 0 aromatic rings. The fourth-order valence-electron chi connectivity index (χ4n) is 4.82. The molecule has 2 amide bonds. The van der Waals surface area contributed by atoms with Crippen molar-refractivity contribution in [3.05, 3.63) is 0 Å². The number of carbonyl (C=O) groups excluding carboxylic acids is 1. The van der Waals surface area contributed by atoms with Crippen molar-refractivity contribution in [1.29, 1.82) is 0 Å². The topological polar surface area (TPSA) is 41.6 Å². The van der Waals surface area contributed by atoms with Gasteiger partial charge in [0.15, 0.2) is 0 Å². The van der Waals surface area contributed by atoms with Crippen LogP contribution in [0, 0.1) is 17.3 Å². The van der Waals surface area contributed by atoms with E-state index in [9.17, 15) is 4.79 Å². The minimum absolute atomic E-state index is 0.103. The van der Waals surface area contributed by atoms with Crippen LogP contribution in [0.15, 0.2) is 0 Å². The van der Waals surface area contributed by atoms with E-state index in [-0.39, 0.29) is 12.1 Å². The second-order valence-corrected chi connectivity index (χ2v) is 8.41. The second-order valence-electron chi connectivity index (χ2n) is 8.41. The molecule has 1 saturated heterocycles. The molecule has 2 aliphatic rings. The van der Waals surface area contributed by atoms with Gasteiger partial charge in [0.05, 0.1) is 6.10 Å². The lowest BCUT2D eigenvalue weighted by molar-refractivity contribution is -0.0888. The molecule has 2 unspecified atom stereocenters. The summed E-state index contributed by atoms with van der Waals surface area (Å²) in [7, 11) is 1.73. The Morgan fingerprint density at radius 2 is 1.87 bits per heavy atom. The first-order valence-corrected chi connectivity index (χ1v) is 9.47. The summed E-state index contributed by atoms with van der Waals surface area (Å²) in [6.07, 6.45) is 7.72. The van der Waals surface area contributed by atoms with Crippen molar-refractivity contribution in [3.63, 3.8) is 0 Å². The van der Waals surface area contributed by atoms with Crippen LogP contribution in [0.1, 0.15) is 66.2 Å². The van der Waals surface area contributed by atoms with E-state index in [2.05, 4.69) is 37.9 Å². The van der Waals surface area contributed by atoms with Gasteiger partial charge in [-0.2, -0.15) is 0 Å². The summed E-state index contributed by atoms with van der Waals surface area (Å²) in [6.45, 7) is 10.5. The normalized spacial score (nSPS) is 24.8. The van der Waals surface area contributed by atoms with Gasteiger partial charge in [0.25, 0.3) is 0 Å². The Labute approximate surface area is 142 Å². The summed E-state index contributed by atoms with van der Waals surface area (Å²) >= 11 is 0. The highest BCUT2D eigenvalue weighted by molar-refractivity contribution is 5.76. The van der Waals surface area contributed by atoms with Gasteiger partial charge in [0, 0.05) is 31.7 Å². The highest BCUT2D eigenvalue weighted by Crippen LogP contribution is 2.51. The molecule has 0 aromatic carbocycles. The number of nitrogens with zero attached hydrogens (tertiary/aromatic N) is 1. The van der Waals surface area contributed by atoms with E-state index < -0.39 is 0 Å². The lowest BCUT2D eigenvalue weighted by Gasteiger charge is -2.61. The van der Waals surface area contributed by atoms with Gasteiger partial charge in [-0.15, -0.1) is 0 Å². The maximum atomic E-state index is 12.6. The van der Waals surface area contributed by atoms with Crippen molar-refractivity contribution in [2.24, 2.45) is 17.3 Å². The SMILES string of the molecule is COC(CNC(=O)N1CC2(CCCCC2)C1C(C)C)CC(C)C. The van der Waals surface area contributed by atoms with E-state index in [1.807, 2.05) is 0 Å². The van der Waals surface area contributed by atoms with Crippen LogP contribution in [0.2, 0.25) is 0 Å². The molecular weight excluding hydrogens is 288 g/mol. The first-order valence-electron chi connectivity index (χ1n) is 9.47. The van der Waals surface area contributed by atoms with Crippen LogP contribution in [0.3, 0.4) is 0 Å². The summed E-state index contributed by atoms with van der Waals surface area (Å²) in [5.41, 5.74) is 0.405. The van der Waals surface area contributed by atoms with E-state index in [1.54, 1.807) is 7.11 Å². The second kappa shape index (κ2) is 7.87. The minimum atomic E-state index is 0.103. The number of methoxy groups -OCH3 is 1. The van der Waals surface area contributed by atoms with Crippen molar-refractivity contribution < 1.29 is 9.53 Å². The average Bonchev–Trinajstić information content (AvgIpc) is 2.48. The van der Waals surface area contributed by atoms with Gasteiger partial charge in [-0.1, -0.05) is 47.0 Å². The third kappa shape index (κ3) is 4.20. The molecule has 1 aliphatic carbocycles. The molecule has 2 rings (SSSR count). The largest absolute Gasteiger partial charge is 0.380 e. The molecule has 2 atom stereocenters. The van der Waals surface area contributed by atoms with E-state index in [4.69, 9.17) is 4.74 Å².